The predicted octanol–water partition coefficient (Wildman–Crippen LogP) is 1.50. The van der Waals surface area contributed by atoms with Crippen LogP contribution in [0.1, 0.15) is 12.7 Å². The molecule has 1 saturated heterocycles. The molecule has 8 heteroatoms. The van der Waals surface area contributed by atoms with E-state index < -0.39 is 0 Å². The van der Waals surface area contributed by atoms with Crippen molar-refractivity contribution in [3.05, 3.63) is 49.1 Å². The summed E-state index contributed by atoms with van der Waals surface area (Å²) >= 11 is 0. The van der Waals surface area contributed by atoms with Crippen LogP contribution in [0.5, 0.6) is 5.75 Å². The molecule has 0 spiro atoms. The van der Waals surface area contributed by atoms with Crippen LogP contribution in [0.2, 0.25) is 0 Å². The Morgan fingerprint density at radius 3 is 2.79 bits per heavy atom. The Balaban J connectivity index is 1.60. The Morgan fingerprint density at radius 1 is 1.29 bits per heavy atom. The molecule has 28 heavy (non-hydrogen) atoms. The summed E-state index contributed by atoms with van der Waals surface area (Å²) in [5, 5.41) is 21.5. The van der Waals surface area contributed by atoms with Gasteiger partial charge in [-0.25, -0.2) is 0 Å². The van der Waals surface area contributed by atoms with E-state index in [1.54, 1.807) is 12.4 Å². The zero-order valence-corrected chi connectivity index (χ0v) is 16.5. The van der Waals surface area contributed by atoms with E-state index in [4.69, 9.17) is 4.99 Å². The van der Waals surface area contributed by atoms with Gasteiger partial charge < -0.3 is 24.8 Å². The molecule has 0 saturated carbocycles. The standard InChI is InChI=1S/C20H29N7O/c1-3-9-21-20(22-10-11-27-16-23-24-19(27)4-2)26-14-12-25(13-15-26)17-7-5-6-8-18(17)28/h3,5-8,16,28H,1,4,9-15H2,2H3,(H,21,22). The number of aryl methyl sites for hydroxylation is 1. The molecule has 1 aromatic heterocycles. The maximum atomic E-state index is 10.1. The van der Waals surface area contributed by atoms with E-state index in [2.05, 4.69) is 38.8 Å². The SMILES string of the molecule is C=CCNC(=NCCn1cnnc1CC)N1CCN(c2ccccc2O)CC1. The zero-order valence-electron chi connectivity index (χ0n) is 16.5. The first kappa shape index (κ1) is 19.7. The first-order valence-electron chi connectivity index (χ1n) is 9.76. The average Bonchev–Trinajstić information content (AvgIpc) is 3.19. The molecule has 3 rings (SSSR count). The second-order valence-electron chi connectivity index (χ2n) is 6.63. The predicted molar refractivity (Wildman–Crippen MR) is 112 cm³/mol. The summed E-state index contributed by atoms with van der Waals surface area (Å²) < 4.78 is 2.05. The molecule has 1 aliphatic rings. The highest BCUT2D eigenvalue weighted by Gasteiger charge is 2.21. The molecule has 8 nitrogen and oxygen atoms in total. The van der Waals surface area contributed by atoms with E-state index in [1.165, 1.54) is 0 Å². The van der Waals surface area contributed by atoms with E-state index in [9.17, 15) is 5.11 Å². The number of benzene rings is 1. The van der Waals surface area contributed by atoms with Gasteiger partial charge in [0.15, 0.2) is 5.96 Å². The molecule has 0 aliphatic carbocycles. The highest BCUT2D eigenvalue weighted by Crippen LogP contribution is 2.27. The third-order valence-corrected chi connectivity index (χ3v) is 4.82. The molecule has 0 bridgehead atoms. The molecule has 1 aliphatic heterocycles. The summed E-state index contributed by atoms with van der Waals surface area (Å²) in [5.41, 5.74) is 0.888. The minimum atomic E-state index is 0.329. The third kappa shape index (κ3) is 4.82. The van der Waals surface area contributed by atoms with E-state index in [0.29, 0.717) is 18.8 Å². The highest BCUT2D eigenvalue weighted by molar-refractivity contribution is 5.80. The van der Waals surface area contributed by atoms with Crippen LogP contribution in [0, 0.1) is 0 Å². The quantitative estimate of drug-likeness (QED) is 0.428. The van der Waals surface area contributed by atoms with Crippen LogP contribution in [0.3, 0.4) is 0 Å². The van der Waals surface area contributed by atoms with E-state index in [1.807, 2.05) is 28.8 Å². The van der Waals surface area contributed by atoms with Gasteiger partial charge in [0.05, 0.1) is 12.2 Å². The number of rotatable bonds is 7. The number of aromatic hydroxyl groups is 1. The van der Waals surface area contributed by atoms with Crippen molar-refractivity contribution in [2.75, 3.05) is 44.2 Å². The van der Waals surface area contributed by atoms with Crippen LogP contribution in [-0.4, -0.2) is 70.0 Å². The number of phenols is 1. The maximum absolute atomic E-state index is 10.1. The molecule has 1 fully saturated rings. The van der Waals surface area contributed by atoms with Crippen LogP contribution in [0.4, 0.5) is 5.69 Å². The number of anilines is 1. The van der Waals surface area contributed by atoms with Gasteiger partial charge in [-0.1, -0.05) is 25.1 Å². The fourth-order valence-corrected chi connectivity index (χ4v) is 3.33. The smallest absolute Gasteiger partial charge is 0.194 e. The maximum Gasteiger partial charge on any atom is 0.194 e. The van der Waals surface area contributed by atoms with Crippen molar-refractivity contribution < 1.29 is 5.11 Å². The van der Waals surface area contributed by atoms with Crippen molar-refractivity contribution in [3.8, 4) is 5.75 Å². The number of nitrogens with one attached hydrogen (secondary N) is 1. The lowest BCUT2D eigenvalue weighted by Gasteiger charge is -2.37. The van der Waals surface area contributed by atoms with Gasteiger partial charge >= 0.3 is 0 Å². The first-order chi connectivity index (χ1) is 13.7. The van der Waals surface area contributed by atoms with Crippen LogP contribution in [0.15, 0.2) is 48.2 Å². The van der Waals surface area contributed by atoms with Crippen molar-refractivity contribution in [1.29, 1.82) is 0 Å². The normalized spacial score (nSPS) is 15.0. The molecular weight excluding hydrogens is 354 g/mol. The first-order valence-corrected chi connectivity index (χ1v) is 9.76. The van der Waals surface area contributed by atoms with Gasteiger partial charge in [0.2, 0.25) is 0 Å². The molecule has 150 valence electrons. The number of hydrogen-bond donors (Lipinski definition) is 2. The number of piperazine rings is 1. The number of aromatic nitrogens is 3. The molecule has 0 unspecified atom stereocenters. The second-order valence-corrected chi connectivity index (χ2v) is 6.63. The van der Waals surface area contributed by atoms with Gasteiger partial charge in [-0.3, -0.25) is 4.99 Å². The fourth-order valence-electron chi connectivity index (χ4n) is 3.33. The third-order valence-electron chi connectivity index (χ3n) is 4.82. The molecular formula is C20H29N7O. The van der Waals surface area contributed by atoms with Gasteiger partial charge in [-0.05, 0) is 12.1 Å². The van der Waals surface area contributed by atoms with Gasteiger partial charge in [0.25, 0.3) is 0 Å². The number of aliphatic imine (C=N–C) groups is 1. The minimum Gasteiger partial charge on any atom is -0.506 e. The lowest BCUT2D eigenvalue weighted by molar-refractivity contribution is 0.370. The summed E-state index contributed by atoms with van der Waals surface area (Å²) in [6.45, 7) is 11.3. The second kappa shape index (κ2) is 9.77. The largest absolute Gasteiger partial charge is 0.506 e. The number of hydrogen-bond acceptors (Lipinski definition) is 5. The minimum absolute atomic E-state index is 0.329. The Morgan fingerprint density at radius 2 is 2.07 bits per heavy atom. The summed E-state index contributed by atoms with van der Waals surface area (Å²) in [5.74, 6) is 2.20. The van der Waals surface area contributed by atoms with E-state index >= 15 is 0 Å². The molecule has 2 N–H and O–H groups in total. The summed E-state index contributed by atoms with van der Waals surface area (Å²) in [6, 6.07) is 7.49. The highest BCUT2D eigenvalue weighted by atomic mass is 16.3. The Bertz CT molecular complexity index is 793. The summed E-state index contributed by atoms with van der Waals surface area (Å²) in [7, 11) is 0. The van der Waals surface area contributed by atoms with Gasteiger partial charge in [0, 0.05) is 45.7 Å². The van der Waals surface area contributed by atoms with Crippen LogP contribution in [-0.2, 0) is 13.0 Å². The van der Waals surface area contributed by atoms with Crippen LogP contribution >= 0.6 is 0 Å². The van der Waals surface area contributed by atoms with Crippen LogP contribution < -0.4 is 10.2 Å². The van der Waals surface area contributed by atoms with Crippen molar-refractivity contribution in [3.63, 3.8) is 0 Å². The number of phenolic OH excluding ortho intramolecular Hbond substituents is 1. The van der Waals surface area contributed by atoms with Gasteiger partial charge in [-0.15, -0.1) is 16.8 Å². The summed E-state index contributed by atoms with van der Waals surface area (Å²) in [6.07, 6.45) is 4.46. The van der Waals surface area contributed by atoms with E-state index in [-0.39, 0.29) is 0 Å². The number of guanidine groups is 1. The topological polar surface area (TPSA) is 81.8 Å². The Labute approximate surface area is 166 Å². The van der Waals surface area contributed by atoms with Crippen molar-refractivity contribution in [1.82, 2.24) is 25.0 Å². The molecule has 2 aromatic rings. The molecule has 0 radical (unpaired) electrons. The lowest BCUT2D eigenvalue weighted by atomic mass is 10.2. The van der Waals surface area contributed by atoms with Gasteiger partial charge in [-0.2, -0.15) is 0 Å². The van der Waals surface area contributed by atoms with Crippen molar-refractivity contribution >= 4 is 11.6 Å². The lowest BCUT2D eigenvalue weighted by Crippen LogP contribution is -2.52. The molecule has 2 heterocycles. The van der Waals surface area contributed by atoms with Crippen molar-refractivity contribution in [2.45, 2.75) is 19.9 Å². The molecule has 0 atom stereocenters. The average molecular weight is 384 g/mol. The number of para-hydroxylation sites is 2. The zero-order chi connectivity index (χ0) is 19.8. The Hall–Kier alpha value is -3.03. The van der Waals surface area contributed by atoms with Gasteiger partial charge in [0.1, 0.15) is 17.9 Å². The monoisotopic (exact) mass is 383 g/mol. The van der Waals surface area contributed by atoms with E-state index in [0.717, 1.165) is 56.6 Å². The molecule has 1 aromatic carbocycles. The van der Waals surface area contributed by atoms with Crippen LogP contribution in [0.25, 0.3) is 0 Å². The Kier molecular flexibility index (Phi) is 6.89. The number of nitrogens with zero attached hydrogens (tertiary/aromatic N) is 6. The fraction of sp³-hybridized carbons (Fsp3) is 0.450. The summed E-state index contributed by atoms with van der Waals surface area (Å²) in [4.78, 5) is 9.26. The van der Waals surface area contributed by atoms with Crippen molar-refractivity contribution in [2.24, 2.45) is 4.99 Å². The molecule has 0 amide bonds.